The molecule has 0 spiro atoms. The van der Waals surface area contributed by atoms with Gasteiger partial charge in [-0.25, -0.2) is 0 Å². The van der Waals surface area contributed by atoms with E-state index in [2.05, 4.69) is 31.4 Å². The van der Waals surface area contributed by atoms with Crippen LogP contribution in [0.2, 0.25) is 0 Å². The molecule has 1 aromatic rings. The minimum absolute atomic E-state index is 0.0298. The van der Waals surface area contributed by atoms with Crippen LogP contribution in [0.5, 0.6) is 0 Å². The molecule has 0 aromatic heterocycles. The average Bonchev–Trinajstić information content (AvgIpc) is 2.65. The topological polar surface area (TPSA) is 101 Å². The molecule has 6 heteroatoms. The van der Waals surface area contributed by atoms with Crippen LogP contribution in [0.25, 0.3) is 0 Å². The van der Waals surface area contributed by atoms with Crippen molar-refractivity contribution in [1.82, 2.24) is 0 Å². The largest absolute Gasteiger partial charge is 0.398 e. The average molecular weight is 458 g/mol. The van der Waals surface area contributed by atoms with Gasteiger partial charge in [-0.1, -0.05) is 62.3 Å². The number of rotatable bonds is 4. The highest BCUT2D eigenvalue weighted by atomic mass is 16.2. The van der Waals surface area contributed by atoms with Crippen LogP contribution in [0.4, 0.5) is 17.1 Å². The summed E-state index contributed by atoms with van der Waals surface area (Å²) in [5, 5.41) is 5.77. The number of ketones is 1. The Kier molecular flexibility index (Phi) is 7.72. The molecule has 4 N–H and O–H groups in total. The lowest BCUT2D eigenvalue weighted by Crippen LogP contribution is -2.31. The normalized spacial score (nSPS) is 19.7. The van der Waals surface area contributed by atoms with Gasteiger partial charge < -0.3 is 16.4 Å². The van der Waals surface area contributed by atoms with E-state index in [0.717, 1.165) is 25.7 Å². The van der Waals surface area contributed by atoms with Gasteiger partial charge in [-0.3, -0.25) is 14.4 Å². The molecule has 0 aliphatic heterocycles. The number of hydrogen-bond acceptors (Lipinski definition) is 4. The van der Waals surface area contributed by atoms with Gasteiger partial charge in [0.25, 0.3) is 0 Å². The van der Waals surface area contributed by atoms with Crippen molar-refractivity contribution in [2.75, 3.05) is 16.4 Å². The second-order valence-corrected chi connectivity index (χ2v) is 12.7. The highest BCUT2D eigenvalue weighted by Crippen LogP contribution is 2.42. The summed E-state index contributed by atoms with van der Waals surface area (Å²) >= 11 is 0. The summed E-state index contributed by atoms with van der Waals surface area (Å²) in [5.41, 5.74) is 6.80. The van der Waals surface area contributed by atoms with Gasteiger partial charge in [0.05, 0.1) is 11.3 Å². The Hall–Kier alpha value is -2.37. The van der Waals surface area contributed by atoms with Gasteiger partial charge in [0.15, 0.2) is 5.78 Å². The first kappa shape index (κ1) is 26.9. The predicted molar refractivity (Wildman–Crippen MR) is 136 cm³/mol. The number of amides is 2. The fraction of sp³-hybridized carbons (Fsp3) is 0.667. The third-order valence-electron chi connectivity index (χ3n) is 6.61. The maximum atomic E-state index is 13.6. The smallest absolute Gasteiger partial charge is 0.229 e. The molecule has 0 atom stereocenters. The van der Waals surface area contributed by atoms with Crippen LogP contribution in [0.15, 0.2) is 12.1 Å². The van der Waals surface area contributed by atoms with Crippen LogP contribution < -0.4 is 16.4 Å². The van der Waals surface area contributed by atoms with E-state index in [1.54, 1.807) is 12.1 Å². The van der Waals surface area contributed by atoms with Crippen LogP contribution in [-0.4, -0.2) is 17.6 Å². The number of Topliss-reactive ketones (excluding diaryl/α,β-unsaturated/α-hetero) is 1. The van der Waals surface area contributed by atoms with E-state index in [-0.39, 0.29) is 34.6 Å². The van der Waals surface area contributed by atoms with Gasteiger partial charge in [0, 0.05) is 28.1 Å². The number of anilines is 3. The van der Waals surface area contributed by atoms with Gasteiger partial charge in [-0.05, 0) is 49.1 Å². The maximum Gasteiger partial charge on any atom is 0.229 e. The first-order chi connectivity index (χ1) is 14.9. The molecular weight excluding hydrogens is 414 g/mol. The Morgan fingerprint density at radius 1 is 0.788 bits per heavy atom. The quantitative estimate of drug-likeness (QED) is 0.366. The standard InChI is InChI=1S/C27H43N3O3/c1-25(2,3)17-12-10-16(11-13-17)22(31)21-19(28)14-18(29-23(32)26(4,5)6)15-20(21)30-24(33)27(7,8)9/h14-17H,10-13,28H2,1-9H3,(H,29,32)(H,30,33). The van der Waals surface area contributed by atoms with Crippen molar-refractivity contribution in [2.24, 2.45) is 28.1 Å². The summed E-state index contributed by atoms with van der Waals surface area (Å²) < 4.78 is 0. The van der Waals surface area contributed by atoms with Crippen molar-refractivity contribution in [3.05, 3.63) is 17.7 Å². The monoisotopic (exact) mass is 457 g/mol. The van der Waals surface area contributed by atoms with Gasteiger partial charge in [-0.15, -0.1) is 0 Å². The molecule has 0 bridgehead atoms. The predicted octanol–water partition coefficient (Wildman–Crippen LogP) is 6.27. The summed E-state index contributed by atoms with van der Waals surface area (Å²) in [6, 6.07) is 3.27. The molecule has 0 saturated heterocycles. The Labute approximate surface area is 199 Å². The van der Waals surface area contributed by atoms with Crippen LogP contribution in [-0.2, 0) is 9.59 Å². The lowest BCUT2D eigenvalue weighted by Gasteiger charge is -2.36. The minimum atomic E-state index is -0.648. The van der Waals surface area contributed by atoms with E-state index in [1.165, 1.54) is 0 Å². The fourth-order valence-corrected chi connectivity index (χ4v) is 4.16. The molecule has 1 saturated carbocycles. The van der Waals surface area contributed by atoms with E-state index >= 15 is 0 Å². The summed E-state index contributed by atoms with van der Waals surface area (Å²) in [5.74, 6) is 0.0548. The third kappa shape index (κ3) is 6.81. The number of carbonyl (C=O) groups excluding carboxylic acids is 3. The molecule has 6 nitrogen and oxygen atoms in total. The fourth-order valence-electron chi connectivity index (χ4n) is 4.16. The Balaban J connectivity index is 2.40. The molecule has 1 fully saturated rings. The number of nitrogens with two attached hydrogens (primary N) is 1. The molecule has 0 heterocycles. The van der Waals surface area contributed by atoms with E-state index < -0.39 is 10.8 Å². The second kappa shape index (κ2) is 9.47. The zero-order valence-electron chi connectivity index (χ0n) is 21.9. The SMILES string of the molecule is CC(C)(C)C(=O)Nc1cc(N)c(C(=O)C2CCC(C(C)(C)C)CC2)c(NC(=O)C(C)(C)C)c1. The molecule has 0 radical (unpaired) electrons. The van der Waals surface area contributed by atoms with E-state index in [9.17, 15) is 14.4 Å². The molecule has 0 unspecified atom stereocenters. The molecule has 33 heavy (non-hydrogen) atoms. The van der Waals surface area contributed by atoms with Crippen molar-refractivity contribution in [3.63, 3.8) is 0 Å². The van der Waals surface area contributed by atoms with Crippen LogP contribution in [0.1, 0.15) is 98.4 Å². The Morgan fingerprint density at radius 2 is 1.27 bits per heavy atom. The van der Waals surface area contributed by atoms with Gasteiger partial charge in [0.2, 0.25) is 11.8 Å². The highest BCUT2D eigenvalue weighted by Gasteiger charge is 2.35. The molecule has 1 aliphatic rings. The first-order valence-corrected chi connectivity index (χ1v) is 12.0. The summed E-state index contributed by atoms with van der Waals surface area (Å²) in [7, 11) is 0. The molecule has 2 amide bonds. The molecule has 1 aromatic carbocycles. The number of nitrogen functional groups attached to an aromatic ring is 1. The lowest BCUT2D eigenvalue weighted by molar-refractivity contribution is -0.123. The number of nitrogens with one attached hydrogen (secondary N) is 2. The first-order valence-electron chi connectivity index (χ1n) is 12.0. The Bertz CT molecular complexity index is 906. The molecular formula is C27H43N3O3. The lowest BCUT2D eigenvalue weighted by atomic mass is 9.68. The molecule has 2 rings (SSSR count). The van der Waals surface area contributed by atoms with Crippen molar-refractivity contribution < 1.29 is 14.4 Å². The van der Waals surface area contributed by atoms with Gasteiger partial charge in [-0.2, -0.15) is 0 Å². The second-order valence-electron chi connectivity index (χ2n) is 12.7. The number of benzene rings is 1. The Morgan fingerprint density at radius 3 is 1.73 bits per heavy atom. The number of carbonyl (C=O) groups is 3. The minimum Gasteiger partial charge on any atom is -0.398 e. The zero-order chi connectivity index (χ0) is 25.4. The van der Waals surface area contributed by atoms with Gasteiger partial charge >= 0.3 is 0 Å². The summed E-state index contributed by atoms with van der Waals surface area (Å²) in [6.07, 6.45) is 3.64. The van der Waals surface area contributed by atoms with Crippen LogP contribution in [0, 0.1) is 28.1 Å². The van der Waals surface area contributed by atoms with E-state index in [4.69, 9.17) is 5.73 Å². The van der Waals surface area contributed by atoms with Crippen molar-refractivity contribution in [1.29, 1.82) is 0 Å². The van der Waals surface area contributed by atoms with Crippen molar-refractivity contribution in [3.8, 4) is 0 Å². The highest BCUT2D eigenvalue weighted by molar-refractivity contribution is 6.11. The summed E-state index contributed by atoms with van der Waals surface area (Å²) in [6.45, 7) is 17.7. The maximum absolute atomic E-state index is 13.6. The van der Waals surface area contributed by atoms with Crippen LogP contribution >= 0.6 is 0 Å². The number of hydrogen-bond donors (Lipinski definition) is 3. The third-order valence-corrected chi connectivity index (χ3v) is 6.61. The van der Waals surface area contributed by atoms with Crippen molar-refractivity contribution >= 4 is 34.7 Å². The molecule has 1 aliphatic carbocycles. The molecule has 184 valence electrons. The van der Waals surface area contributed by atoms with Crippen LogP contribution in [0.3, 0.4) is 0 Å². The van der Waals surface area contributed by atoms with E-state index in [0.29, 0.717) is 22.9 Å². The zero-order valence-corrected chi connectivity index (χ0v) is 21.9. The summed E-state index contributed by atoms with van der Waals surface area (Å²) in [4.78, 5) is 38.9. The van der Waals surface area contributed by atoms with Gasteiger partial charge in [0.1, 0.15) is 0 Å². The van der Waals surface area contributed by atoms with E-state index in [1.807, 2.05) is 41.5 Å². The van der Waals surface area contributed by atoms with Crippen molar-refractivity contribution in [2.45, 2.75) is 88.0 Å².